The molecule has 2 unspecified atom stereocenters. The summed E-state index contributed by atoms with van der Waals surface area (Å²) < 4.78 is 0. The van der Waals surface area contributed by atoms with Crippen LogP contribution >= 0.6 is 11.8 Å². The number of rotatable bonds is 4. The van der Waals surface area contributed by atoms with Gasteiger partial charge >= 0.3 is 0 Å². The van der Waals surface area contributed by atoms with Crippen LogP contribution in [-0.2, 0) is 6.54 Å². The van der Waals surface area contributed by atoms with Gasteiger partial charge in [-0.05, 0) is 48.6 Å². The number of pyridine rings is 1. The van der Waals surface area contributed by atoms with Crippen LogP contribution in [0.15, 0.2) is 36.7 Å². The van der Waals surface area contributed by atoms with Crippen molar-refractivity contribution >= 4 is 22.5 Å². The van der Waals surface area contributed by atoms with Crippen LogP contribution in [0, 0.1) is 0 Å². The molecule has 1 aromatic heterocycles. The molecule has 1 aliphatic carbocycles. The molecule has 0 saturated heterocycles. The largest absolute Gasteiger partial charge is 0.310 e. The second kappa shape index (κ2) is 6.59. The van der Waals surface area contributed by atoms with Crippen LogP contribution in [0.1, 0.15) is 31.2 Å². The molecule has 0 spiro atoms. The first kappa shape index (κ1) is 13.9. The van der Waals surface area contributed by atoms with Crippen molar-refractivity contribution in [3.8, 4) is 0 Å². The van der Waals surface area contributed by atoms with E-state index in [-0.39, 0.29) is 0 Å². The Hall–Kier alpha value is -1.06. The Bertz CT molecular complexity index is 570. The molecule has 0 aliphatic heterocycles. The molecule has 0 radical (unpaired) electrons. The first-order chi connectivity index (χ1) is 9.85. The van der Waals surface area contributed by atoms with Gasteiger partial charge in [-0.15, -0.1) is 0 Å². The summed E-state index contributed by atoms with van der Waals surface area (Å²) in [6.07, 6.45) is 11.4. The number of hydrogen-bond acceptors (Lipinski definition) is 3. The van der Waals surface area contributed by atoms with E-state index >= 15 is 0 Å². The predicted molar refractivity (Wildman–Crippen MR) is 88.1 cm³/mol. The minimum Gasteiger partial charge on any atom is -0.310 e. The molecule has 106 valence electrons. The van der Waals surface area contributed by atoms with Crippen LogP contribution in [0.2, 0.25) is 0 Å². The third-order valence-corrected chi connectivity index (χ3v) is 5.35. The molecule has 0 amide bonds. The fraction of sp³-hybridized carbons (Fsp3) is 0.471. The van der Waals surface area contributed by atoms with Gasteiger partial charge in [0.2, 0.25) is 0 Å². The van der Waals surface area contributed by atoms with Crippen molar-refractivity contribution in [2.24, 2.45) is 0 Å². The second-order valence-electron chi connectivity index (χ2n) is 5.66. The highest BCUT2D eigenvalue weighted by Crippen LogP contribution is 2.27. The van der Waals surface area contributed by atoms with E-state index in [1.54, 1.807) is 0 Å². The Morgan fingerprint density at radius 3 is 3.10 bits per heavy atom. The summed E-state index contributed by atoms with van der Waals surface area (Å²) in [5, 5.41) is 7.09. The van der Waals surface area contributed by atoms with Crippen molar-refractivity contribution in [1.29, 1.82) is 0 Å². The summed E-state index contributed by atoms with van der Waals surface area (Å²) in [5.41, 5.74) is 1.37. The van der Waals surface area contributed by atoms with Crippen molar-refractivity contribution in [3.05, 3.63) is 42.2 Å². The fourth-order valence-corrected chi connectivity index (χ4v) is 3.88. The standard InChI is InChI=1S/C17H22N2S/c1-20-17-4-2-3-16(10-17)19-11-13-5-6-15-12-18-8-7-14(15)9-13/h5-9,12,16-17,19H,2-4,10-11H2,1H3. The molecule has 3 heteroatoms. The molecular weight excluding hydrogens is 264 g/mol. The molecular formula is C17H22N2S. The fourth-order valence-electron chi connectivity index (χ4n) is 3.05. The van der Waals surface area contributed by atoms with Gasteiger partial charge in [0.1, 0.15) is 0 Å². The summed E-state index contributed by atoms with van der Waals surface area (Å²) in [6, 6.07) is 9.44. The Balaban J connectivity index is 1.61. The van der Waals surface area contributed by atoms with Crippen LogP contribution < -0.4 is 5.32 Å². The van der Waals surface area contributed by atoms with Gasteiger partial charge in [-0.3, -0.25) is 4.98 Å². The number of aromatic nitrogens is 1. The van der Waals surface area contributed by atoms with E-state index in [0.717, 1.165) is 11.8 Å². The zero-order valence-corrected chi connectivity index (χ0v) is 12.8. The van der Waals surface area contributed by atoms with E-state index in [9.17, 15) is 0 Å². The Kier molecular flexibility index (Phi) is 4.58. The highest BCUT2D eigenvalue weighted by molar-refractivity contribution is 7.99. The van der Waals surface area contributed by atoms with Gasteiger partial charge < -0.3 is 5.32 Å². The molecule has 2 nitrogen and oxygen atoms in total. The molecule has 1 saturated carbocycles. The Morgan fingerprint density at radius 1 is 1.25 bits per heavy atom. The molecule has 1 aromatic carbocycles. The average Bonchev–Trinajstić information content (AvgIpc) is 2.53. The monoisotopic (exact) mass is 286 g/mol. The number of fused-ring (bicyclic) bond motifs is 1. The molecule has 0 bridgehead atoms. The molecule has 2 aromatic rings. The maximum atomic E-state index is 4.16. The number of benzene rings is 1. The average molecular weight is 286 g/mol. The lowest BCUT2D eigenvalue weighted by Crippen LogP contribution is -2.34. The SMILES string of the molecule is CSC1CCCC(NCc2ccc3cnccc3c2)C1. The van der Waals surface area contributed by atoms with Crippen LogP contribution in [-0.4, -0.2) is 22.5 Å². The van der Waals surface area contributed by atoms with Crippen molar-refractivity contribution < 1.29 is 0 Å². The number of thioether (sulfide) groups is 1. The lowest BCUT2D eigenvalue weighted by Gasteiger charge is -2.28. The van der Waals surface area contributed by atoms with Gasteiger partial charge in [0.15, 0.2) is 0 Å². The highest BCUT2D eigenvalue weighted by atomic mass is 32.2. The molecule has 1 heterocycles. The first-order valence-corrected chi connectivity index (χ1v) is 8.73. The normalized spacial score (nSPS) is 23.1. The smallest absolute Gasteiger partial charge is 0.0346 e. The second-order valence-corrected chi connectivity index (χ2v) is 6.80. The minimum atomic E-state index is 0.689. The van der Waals surface area contributed by atoms with E-state index in [4.69, 9.17) is 0 Å². The van der Waals surface area contributed by atoms with E-state index in [0.29, 0.717) is 6.04 Å². The summed E-state index contributed by atoms with van der Waals surface area (Å²) >= 11 is 2.03. The van der Waals surface area contributed by atoms with E-state index < -0.39 is 0 Å². The van der Waals surface area contributed by atoms with Crippen LogP contribution in [0.25, 0.3) is 10.8 Å². The van der Waals surface area contributed by atoms with Gasteiger partial charge in [-0.2, -0.15) is 11.8 Å². The molecule has 3 rings (SSSR count). The van der Waals surface area contributed by atoms with E-state index in [1.807, 2.05) is 24.2 Å². The summed E-state index contributed by atoms with van der Waals surface area (Å²) in [7, 11) is 0. The maximum absolute atomic E-state index is 4.16. The quantitative estimate of drug-likeness (QED) is 0.919. The molecule has 1 fully saturated rings. The first-order valence-electron chi connectivity index (χ1n) is 7.44. The molecule has 20 heavy (non-hydrogen) atoms. The van der Waals surface area contributed by atoms with Crippen LogP contribution in [0.4, 0.5) is 0 Å². The van der Waals surface area contributed by atoms with Crippen molar-refractivity contribution in [2.75, 3.05) is 6.26 Å². The van der Waals surface area contributed by atoms with Gasteiger partial charge in [-0.25, -0.2) is 0 Å². The van der Waals surface area contributed by atoms with Crippen molar-refractivity contribution in [1.82, 2.24) is 10.3 Å². The Labute approximate surface area is 125 Å². The van der Waals surface area contributed by atoms with Gasteiger partial charge in [0.05, 0.1) is 0 Å². The lowest BCUT2D eigenvalue weighted by atomic mass is 9.94. The maximum Gasteiger partial charge on any atom is 0.0346 e. The van der Waals surface area contributed by atoms with E-state index in [1.165, 1.54) is 42.0 Å². The zero-order chi connectivity index (χ0) is 13.8. The molecule has 2 atom stereocenters. The topological polar surface area (TPSA) is 24.9 Å². The van der Waals surface area contributed by atoms with Gasteiger partial charge in [0.25, 0.3) is 0 Å². The third kappa shape index (κ3) is 3.33. The van der Waals surface area contributed by atoms with Crippen molar-refractivity contribution in [3.63, 3.8) is 0 Å². The zero-order valence-electron chi connectivity index (χ0n) is 12.0. The lowest BCUT2D eigenvalue weighted by molar-refractivity contribution is 0.380. The molecule has 1 aliphatic rings. The third-order valence-electron chi connectivity index (χ3n) is 4.26. The summed E-state index contributed by atoms with van der Waals surface area (Å²) in [5.74, 6) is 0. The number of nitrogens with zero attached hydrogens (tertiary/aromatic N) is 1. The van der Waals surface area contributed by atoms with E-state index in [2.05, 4.69) is 40.8 Å². The predicted octanol–water partition coefficient (Wildman–Crippen LogP) is 4.00. The Morgan fingerprint density at radius 2 is 2.20 bits per heavy atom. The highest BCUT2D eigenvalue weighted by Gasteiger charge is 2.20. The minimum absolute atomic E-state index is 0.689. The summed E-state index contributed by atoms with van der Waals surface area (Å²) in [4.78, 5) is 4.16. The van der Waals surface area contributed by atoms with Gasteiger partial charge in [-0.1, -0.05) is 18.6 Å². The van der Waals surface area contributed by atoms with Crippen LogP contribution in [0.3, 0.4) is 0 Å². The number of nitrogens with one attached hydrogen (secondary N) is 1. The summed E-state index contributed by atoms with van der Waals surface area (Å²) in [6.45, 7) is 0.976. The van der Waals surface area contributed by atoms with Gasteiger partial charge in [0, 0.05) is 35.6 Å². The number of hydrogen-bond donors (Lipinski definition) is 1. The van der Waals surface area contributed by atoms with Crippen LogP contribution in [0.5, 0.6) is 0 Å². The molecule has 1 N–H and O–H groups in total. The van der Waals surface area contributed by atoms with Crippen molar-refractivity contribution in [2.45, 2.75) is 43.5 Å².